The van der Waals surface area contributed by atoms with Crippen LogP contribution in [-0.4, -0.2) is 35.5 Å². The van der Waals surface area contributed by atoms with E-state index in [0.29, 0.717) is 5.91 Å². The Labute approximate surface area is 92.2 Å². The van der Waals surface area contributed by atoms with Crippen LogP contribution in [0, 0.1) is 0 Å². The number of nitrogens with one attached hydrogen (secondary N) is 1. The molecule has 86 valence electrons. The second-order valence-corrected chi connectivity index (χ2v) is 5.09. The van der Waals surface area contributed by atoms with E-state index in [1.807, 2.05) is 0 Å². The van der Waals surface area contributed by atoms with Crippen LogP contribution in [0.4, 0.5) is 0 Å². The van der Waals surface area contributed by atoms with Crippen LogP contribution in [0.15, 0.2) is 0 Å². The fourth-order valence-corrected chi connectivity index (χ4v) is 2.81. The third-order valence-electron chi connectivity index (χ3n) is 3.97. The molecule has 0 aromatic rings. The van der Waals surface area contributed by atoms with Crippen LogP contribution in [0.25, 0.3) is 0 Å². The Morgan fingerprint density at radius 3 is 2.73 bits per heavy atom. The molecule has 0 aromatic carbocycles. The van der Waals surface area contributed by atoms with Gasteiger partial charge in [-0.15, -0.1) is 0 Å². The first kappa shape index (κ1) is 10.9. The van der Waals surface area contributed by atoms with E-state index in [2.05, 4.69) is 24.1 Å². The first-order valence-corrected chi connectivity index (χ1v) is 6.22. The molecule has 1 heterocycles. The zero-order chi connectivity index (χ0) is 10.9. The summed E-state index contributed by atoms with van der Waals surface area (Å²) >= 11 is 0. The van der Waals surface area contributed by atoms with Crippen molar-refractivity contribution in [2.75, 3.05) is 13.1 Å². The minimum Gasteiger partial charge on any atom is -0.336 e. The fraction of sp³-hybridized carbons (Fsp3) is 0.917. The number of likely N-dealkylation sites (N-methyl/N-ethyl adjacent to an activating group) is 1. The van der Waals surface area contributed by atoms with Crippen LogP contribution in [0.2, 0.25) is 0 Å². The van der Waals surface area contributed by atoms with Gasteiger partial charge in [-0.3, -0.25) is 4.79 Å². The first-order valence-electron chi connectivity index (χ1n) is 6.22. The molecule has 0 spiro atoms. The van der Waals surface area contributed by atoms with Crippen molar-refractivity contribution < 1.29 is 4.79 Å². The van der Waals surface area contributed by atoms with Gasteiger partial charge < -0.3 is 10.2 Å². The van der Waals surface area contributed by atoms with Crippen molar-refractivity contribution in [1.29, 1.82) is 0 Å². The maximum absolute atomic E-state index is 12.2. The van der Waals surface area contributed by atoms with Gasteiger partial charge in [-0.25, -0.2) is 0 Å². The molecule has 15 heavy (non-hydrogen) atoms. The Morgan fingerprint density at radius 1 is 1.47 bits per heavy atom. The lowest BCUT2D eigenvalue weighted by Crippen LogP contribution is -2.61. The maximum Gasteiger partial charge on any atom is 0.240 e. The van der Waals surface area contributed by atoms with Crippen LogP contribution in [0.5, 0.6) is 0 Å². The molecule has 1 N–H and O–H groups in total. The number of hydrogen-bond acceptors (Lipinski definition) is 2. The van der Waals surface area contributed by atoms with Gasteiger partial charge in [0.15, 0.2) is 0 Å². The number of rotatable bonds is 3. The van der Waals surface area contributed by atoms with Gasteiger partial charge in [0.1, 0.15) is 0 Å². The van der Waals surface area contributed by atoms with Gasteiger partial charge in [0.25, 0.3) is 0 Å². The lowest BCUT2D eigenvalue weighted by atomic mass is 9.76. The molecule has 3 nitrogen and oxygen atoms in total. The fourth-order valence-electron chi connectivity index (χ4n) is 2.81. The number of hydrogen-bond donors (Lipinski definition) is 1. The smallest absolute Gasteiger partial charge is 0.240 e. The van der Waals surface area contributed by atoms with Gasteiger partial charge in [-0.1, -0.05) is 6.92 Å². The minimum absolute atomic E-state index is 0.0844. The minimum atomic E-state index is 0.0844. The van der Waals surface area contributed by atoms with Crippen LogP contribution in [0.1, 0.15) is 46.0 Å². The molecule has 2 fully saturated rings. The van der Waals surface area contributed by atoms with Crippen molar-refractivity contribution >= 4 is 5.91 Å². The van der Waals surface area contributed by atoms with Crippen molar-refractivity contribution in [3.8, 4) is 0 Å². The van der Waals surface area contributed by atoms with E-state index >= 15 is 0 Å². The van der Waals surface area contributed by atoms with E-state index in [9.17, 15) is 4.79 Å². The number of carbonyl (C=O) groups is 1. The molecule has 1 unspecified atom stereocenters. The van der Waals surface area contributed by atoms with Crippen molar-refractivity contribution in [3.05, 3.63) is 0 Å². The second kappa shape index (κ2) is 4.12. The summed E-state index contributed by atoms with van der Waals surface area (Å²) in [6.07, 6.45) is 5.83. The van der Waals surface area contributed by atoms with E-state index in [1.165, 1.54) is 19.3 Å². The monoisotopic (exact) mass is 210 g/mol. The van der Waals surface area contributed by atoms with Crippen LogP contribution < -0.4 is 5.32 Å². The molecule has 1 aliphatic carbocycles. The van der Waals surface area contributed by atoms with E-state index in [4.69, 9.17) is 0 Å². The molecule has 0 radical (unpaired) electrons. The van der Waals surface area contributed by atoms with Crippen LogP contribution in [0.3, 0.4) is 0 Å². The number of likely N-dealkylation sites (tertiary alicyclic amines) is 1. The summed E-state index contributed by atoms with van der Waals surface area (Å²) in [5, 5.41) is 3.29. The first-order chi connectivity index (χ1) is 7.17. The molecule has 0 aromatic heterocycles. The average molecular weight is 210 g/mol. The molecule has 2 aliphatic rings. The summed E-state index contributed by atoms with van der Waals surface area (Å²) in [5.74, 6) is 0.338. The third-order valence-corrected chi connectivity index (χ3v) is 3.97. The maximum atomic E-state index is 12.2. The highest BCUT2D eigenvalue weighted by Crippen LogP contribution is 2.38. The van der Waals surface area contributed by atoms with Gasteiger partial charge in [-0.05, 0) is 45.6 Å². The standard InChI is InChI=1S/C12H22N2O/c1-3-13-10-6-4-9-14(11(10)15)12(2)7-5-8-12/h10,13H,3-9H2,1-2H3. The lowest BCUT2D eigenvalue weighted by Gasteiger charge is -2.50. The molecule has 3 heteroatoms. The summed E-state index contributed by atoms with van der Waals surface area (Å²) in [6, 6.07) is 0.0844. The summed E-state index contributed by atoms with van der Waals surface area (Å²) in [5.41, 5.74) is 0.186. The number of carbonyl (C=O) groups excluding carboxylic acids is 1. The zero-order valence-electron chi connectivity index (χ0n) is 9.88. The summed E-state index contributed by atoms with van der Waals surface area (Å²) in [4.78, 5) is 14.4. The number of piperidine rings is 1. The summed E-state index contributed by atoms with van der Waals surface area (Å²) in [6.45, 7) is 6.16. The van der Waals surface area contributed by atoms with E-state index in [1.54, 1.807) is 0 Å². The van der Waals surface area contributed by atoms with Gasteiger partial charge in [0.2, 0.25) is 5.91 Å². The Kier molecular flexibility index (Phi) is 3.01. The van der Waals surface area contributed by atoms with Gasteiger partial charge in [0, 0.05) is 12.1 Å². The van der Waals surface area contributed by atoms with Gasteiger partial charge in [0.05, 0.1) is 6.04 Å². The van der Waals surface area contributed by atoms with Crippen molar-refractivity contribution in [3.63, 3.8) is 0 Å². The Balaban J connectivity index is 2.02. The molecule has 1 atom stereocenters. The molecular weight excluding hydrogens is 188 g/mol. The predicted octanol–water partition coefficient (Wildman–Crippen LogP) is 1.53. The van der Waals surface area contributed by atoms with E-state index in [-0.39, 0.29) is 11.6 Å². The van der Waals surface area contributed by atoms with Crippen LogP contribution >= 0.6 is 0 Å². The van der Waals surface area contributed by atoms with E-state index in [0.717, 1.165) is 25.9 Å². The highest BCUT2D eigenvalue weighted by atomic mass is 16.2. The molecule has 1 amide bonds. The highest BCUT2D eigenvalue weighted by molar-refractivity contribution is 5.83. The van der Waals surface area contributed by atoms with Crippen LogP contribution in [-0.2, 0) is 4.79 Å². The van der Waals surface area contributed by atoms with E-state index < -0.39 is 0 Å². The summed E-state index contributed by atoms with van der Waals surface area (Å²) < 4.78 is 0. The lowest BCUT2D eigenvalue weighted by molar-refractivity contribution is -0.146. The third kappa shape index (κ3) is 1.89. The Morgan fingerprint density at radius 2 is 2.20 bits per heavy atom. The van der Waals surface area contributed by atoms with Crippen molar-refractivity contribution in [2.45, 2.75) is 57.5 Å². The highest BCUT2D eigenvalue weighted by Gasteiger charge is 2.43. The predicted molar refractivity (Wildman–Crippen MR) is 60.7 cm³/mol. The van der Waals surface area contributed by atoms with Crippen molar-refractivity contribution in [2.24, 2.45) is 0 Å². The second-order valence-electron chi connectivity index (χ2n) is 5.09. The molecule has 0 bridgehead atoms. The molecule has 1 saturated heterocycles. The molecule has 1 saturated carbocycles. The number of amides is 1. The summed E-state index contributed by atoms with van der Waals surface area (Å²) in [7, 11) is 0. The number of nitrogens with zero attached hydrogens (tertiary/aromatic N) is 1. The Hall–Kier alpha value is -0.570. The topological polar surface area (TPSA) is 32.3 Å². The van der Waals surface area contributed by atoms with Gasteiger partial charge >= 0.3 is 0 Å². The largest absolute Gasteiger partial charge is 0.336 e. The molecule has 2 rings (SSSR count). The Bertz CT molecular complexity index is 246. The average Bonchev–Trinajstić information content (AvgIpc) is 2.18. The van der Waals surface area contributed by atoms with Crippen molar-refractivity contribution in [1.82, 2.24) is 10.2 Å². The van der Waals surface area contributed by atoms with Gasteiger partial charge in [-0.2, -0.15) is 0 Å². The molecule has 1 aliphatic heterocycles. The molecular formula is C12H22N2O. The normalized spacial score (nSPS) is 30.1. The SMILES string of the molecule is CCNC1CCCN(C2(C)CCC2)C1=O. The quantitative estimate of drug-likeness (QED) is 0.766. The zero-order valence-corrected chi connectivity index (χ0v) is 9.88.